The molecule has 0 saturated carbocycles. The van der Waals surface area contributed by atoms with E-state index in [0.717, 1.165) is 0 Å². The first-order valence-electron chi connectivity index (χ1n) is 6.92. The fourth-order valence-corrected chi connectivity index (χ4v) is 2.17. The Morgan fingerprint density at radius 2 is 1.83 bits per heavy atom. The van der Waals surface area contributed by atoms with Gasteiger partial charge in [0.25, 0.3) is 5.91 Å². The molecule has 0 unspecified atom stereocenters. The third kappa shape index (κ3) is 2.78. The van der Waals surface area contributed by atoms with E-state index in [2.05, 4.69) is 4.98 Å². The van der Waals surface area contributed by atoms with Crippen LogP contribution in [0.4, 0.5) is 6.01 Å². The second-order valence-electron chi connectivity index (χ2n) is 4.89. The minimum atomic E-state index is -0.528. The van der Waals surface area contributed by atoms with Crippen molar-refractivity contribution in [1.29, 1.82) is 0 Å². The number of hydrogen-bond donors (Lipinski definition) is 0. The molecule has 116 valence electrons. The number of para-hydroxylation sites is 1. The molecule has 1 amide bonds. The highest BCUT2D eigenvalue weighted by Gasteiger charge is 2.18. The second kappa shape index (κ2) is 5.92. The number of fused-ring (bicyclic) bond motifs is 1. The number of aromatic nitrogens is 1. The fraction of sp³-hybridized carbons (Fsp3) is 0.118. The first kappa shape index (κ1) is 14.8. The van der Waals surface area contributed by atoms with Crippen molar-refractivity contribution in [2.45, 2.75) is 0 Å². The Labute approximate surface area is 131 Å². The number of anilines is 1. The number of ether oxygens (including phenoxy) is 1. The summed E-state index contributed by atoms with van der Waals surface area (Å²) < 4.78 is 10.2. The highest BCUT2D eigenvalue weighted by atomic mass is 16.5. The number of carbonyl (C=O) groups is 1. The number of methoxy groups -OCH3 is 1. The molecular formula is C17H14N2O4. The van der Waals surface area contributed by atoms with Crippen molar-refractivity contribution in [1.82, 2.24) is 4.98 Å². The zero-order valence-electron chi connectivity index (χ0n) is 12.6. The van der Waals surface area contributed by atoms with Crippen molar-refractivity contribution in [3.05, 3.63) is 64.5 Å². The molecule has 0 saturated heterocycles. The standard InChI is InChI=1S/C17H14N2O4/c1-19(15(20)11-7-9-12(22-2)10-8-11)17-18-14-6-4-3-5-13(14)16(21)23-17/h3-10H,1-2H3. The van der Waals surface area contributed by atoms with E-state index >= 15 is 0 Å². The van der Waals surface area contributed by atoms with Crippen LogP contribution >= 0.6 is 0 Å². The van der Waals surface area contributed by atoms with Gasteiger partial charge in [0, 0.05) is 12.6 Å². The lowest BCUT2D eigenvalue weighted by Crippen LogP contribution is -2.28. The summed E-state index contributed by atoms with van der Waals surface area (Å²) in [4.78, 5) is 29.9. The molecule has 0 bridgehead atoms. The molecular weight excluding hydrogens is 296 g/mol. The normalized spacial score (nSPS) is 10.5. The lowest BCUT2D eigenvalue weighted by Gasteiger charge is -2.14. The highest BCUT2D eigenvalue weighted by Crippen LogP contribution is 2.17. The number of carbonyl (C=O) groups excluding carboxylic acids is 1. The Balaban J connectivity index is 1.97. The fourth-order valence-electron chi connectivity index (χ4n) is 2.17. The van der Waals surface area contributed by atoms with Crippen LogP contribution in [0.2, 0.25) is 0 Å². The van der Waals surface area contributed by atoms with Crippen molar-refractivity contribution in [2.75, 3.05) is 19.1 Å². The summed E-state index contributed by atoms with van der Waals surface area (Å²) in [7, 11) is 3.06. The minimum Gasteiger partial charge on any atom is -0.497 e. The topological polar surface area (TPSA) is 72.6 Å². The van der Waals surface area contributed by atoms with Gasteiger partial charge < -0.3 is 9.15 Å². The number of nitrogens with zero attached hydrogens (tertiary/aromatic N) is 2. The molecule has 0 fully saturated rings. The van der Waals surface area contributed by atoms with Crippen LogP contribution in [0, 0.1) is 0 Å². The number of amides is 1. The van der Waals surface area contributed by atoms with E-state index in [4.69, 9.17) is 9.15 Å². The molecule has 6 nitrogen and oxygen atoms in total. The Morgan fingerprint density at radius 3 is 2.52 bits per heavy atom. The zero-order valence-corrected chi connectivity index (χ0v) is 12.6. The van der Waals surface area contributed by atoms with Gasteiger partial charge in [0.05, 0.1) is 18.0 Å². The van der Waals surface area contributed by atoms with Crippen LogP contribution in [-0.2, 0) is 0 Å². The number of hydrogen-bond acceptors (Lipinski definition) is 5. The molecule has 0 aliphatic heterocycles. The Hall–Kier alpha value is -3.15. The average Bonchev–Trinajstić information content (AvgIpc) is 2.60. The van der Waals surface area contributed by atoms with Crippen LogP contribution in [0.15, 0.2) is 57.7 Å². The van der Waals surface area contributed by atoms with E-state index in [9.17, 15) is 9.59 Å². The van der Waals surface area contributed by atoms with Crippen LogP contribution in [-0.4, -0.2) is 25.0 Å². The van der Waals surface area contributed by atoms with Gasteiger partial charge >= 0.3 is 11.6 Å². The average molecular weight is 310 g/mol. The smallest absolute Gasteiger partial charge is 0.348 e. The van der Waals surface area contributed by atoms with Crippen molar-refractivity contribution >= 4 is 22.8 Å². The summed E-state index contributed by atoms with van der Waals surface area (Å²) in [5, 5.41) is 0.376. The Bertz CT molecular complexity index is 916. The monoisotopic (exact) mass is 310 g/mol. The largest absolute Gasteiger partial charge is 0.497 e. The van der Waals surface area contributed by atoms with Crippen molar-refractivity contribution in [3.63, 3.8) is 0 Å². The summed E-state index contributed by atoms with van der Waals surface area (Å²) >= 11 is 0. The van der Waals surface area contributed by atoms with Gasteiger partial charge in [-0.15, -0.1) is 0 Å². The summed E-state index contributed by atoms with van der Waals surface area (Å²) in [5.74, 6) is 0.318. The third-order valence-electron chi connectivity index (χ3n) is 3.45. The van der Waals surface area contributed by atoms with E-state index in [1.54, 1.807) is 55.6 Å². The summed E-state index contributed by atoms with van der Waals surface area (Å²) in [6.07, 6.45) is 0. The van der Waals surface area contributed by atoms with Crippen molar-refractivity contribution in [2.24, 2.45) is 0 Å². The maximum absolute atomic E-state index is 12.5. The quantitative estimate of drug-likeness (QED) is 0.743. The van der Waals surface area contributed by atoms with Gasteiger partial charge in [-0.2, -0.15) is 4.98 Å². The second-order valence-corrected chi connectivity index (χ2v) is 4.89. The number of benzene rings is 2. The molecule has 0 aliphatic rings. The Morgan fingerprint density at radius 1 is 1.13 bits per heavy atom. The van der Waals surface area contributed by atoms with Gasteiger partial charge in [0.2, 0.25) is 0 Å². The van der Waals surface area contributed by atoms with Crippen LogP contribution in [0.5, 0.6) is 5.75 Å². The van der Waals surface area contributed by atoms with E-state index in [1.807, 2.05) is 0 Å². The maximum Gasteiger partial charge on any atom is 0.348 e. The first-order chi connectivity index (χ1) is 11.1. The van der Waals surface area contributed by atoms with Gasteiger partial charge in [0.15, 0.2) is 0 Å². The lowest BCUT2D eigenvalue weighted by molar-refractivity contribution is 0.0987. The summed E-state index contributed by atoms with van der Waals surface area (Å²) in [5.41, 5.74) is 0.388. The van der Waals surface area contributed by atoms with Crippen molar-refractivity contribution < 1.29 is 13.9 Å². The van der Waals surface area contributed by atoms with Crippen LogP contribution < -0.4 is 15.3 Å². The van der Waals surface area contributed by atoms with Gasteiger partial charge in [0.1, 0.15) is 5.75 Å². The van der Waals surface area contributed by atoms with E-state index in [0.29, 0.717) is 22.2 Å². The first-order valence-corrected chi connectivity index (χ1v) is 6.92. The predicted octanol–water partition coefficient (Wildman–Crippen LogP) is 2.47. The summed E-state index contributed by atoms with van der Waals surface area (Å²) in [6.45, 7) is 0. The van der Waals surface area contributed by atoms with E-state index in [1.165, 1.54) is 11.9 Å². The molecule has 0 radical (unpaired) electrons. The lowest BCUT2D eigenvalue weighted by atomic mass is 10.2. The third-order valence-corrected chi connectivity index (χ3v) is 3.45. The molecule has 3 rings (SSSR count). The van der Waals surface area contributed by atoms with Crippen LogP contribution in [0.3, 0.4) is 0 Å². The molecule has 6 heteroatoms. The maximum atomic E-state index is 12.5. The summed E-state index contributed by atoms with van der Waals surface area (Å²) in [6, 6.07) is 13.4. The molecule has 23 heavy (non-hydrogen) atoms. The zero-order chi connectivity index (χ0) is 16.4. The van der Waals surface area contributed by atoms with E-state index in [-0.39, 0.29) is 11.9 Å². The van der Waals surface area contributed by atoms with Gasteiger partial charge in [-0.1, -0.05) is 12.1 Å². The van der Waals surface area contributed by atoms with Gasteiger partial charge in [-0.25, -0.2) is 4.79 Å². The van der Waals surface area contributed by atoms with Crippen LogP contribution in [0.1, 0.15) is 10.4 Å². The Kier molecular flexibility index (Phi) is 3.80. The SMILES string of the molecule is COc1ccc(C(=O)N(C)c2nc3ccccc3c(=O)o2)cc1. The molecule has 2 aromatic carbocycles. The number of rotatable bonds is 3. The van der Waals surface area contributed by atoms with E-state index < -0.39 is 5.63 Å². The molecule has 0 atom stereocenters. The minimum absolute atomic E-state index is 0.0467. The molecule has 3 aromatic rings. The van der Waals surface area contributed by atoms with Crippen LogP contribution in [0.25, 0.3) is 10.9 Å². The predicted molar refractivity (Wildman–Crippen MR) is 86.0 cm³/mol. The van der Waals surface area contributed by atoms with Gasteiger partial charge in [-0.3, -0.25) is 9.69 Å². The molecule has 1 aromatic heterocycles. The molecule has 1 heterocycles. The van der Waals surface area contributed by atoms with Gasteiger partial charge in [-0.05, 0) is 36.4 Å². The van der Waals surface area contributed by atoms with Crippen molar-refractivity contribution in [3.8, 4) is 5.75 Å². The molecule has 0 aliphatic carbocycles. The highest BCUT2D eigenvalue weighted by molar-refractivity contribution is 6.04. The molecule has 0 spiro atoms. The molecule has 0 N–H and O–H groups in total.